The second kappa shape index (κ2) is 5.86. The number of hydrogen-bond donors (Lipinski definition) is 1. The van der Waals surface area contributed by atoms with E-state index in [-0.39, 0.29) is 5.88 Å². The normalized spacial score (nSPS) is 9.95. The molecule has 0 radical (unpaired) electrons. The molecule has 19 heavy (non-hydrogen) atoms. The molecule has 5 nitrogen and oxygen atoms in total. The van der Waals surface area contributed by atoms with Crippen LogP contribution < -0.4 is 10.5 Å². The summed E-state index contributed by atoms with van der Waals surface area (Å²) in [6.07, 6.45) is 1.56. The third kappa shape index (κ3) is 3.22. The molecule has 2 rings (SSSR count). The van der Waals surface area contributed by atoms with Crippen LogP contribution in [0.5, 0.6) is 5.88 Å². The minimum absolute atomic E-state index is 0.256. The lowest BCUT2D eigenvalue weighted by Crippen LogP contribution is -2.07. The van der Waals surface area contributed by atoms with Crippen molar-refractivity contribution in [3.63, 3.8) is 0 Å². The Labute approximate surface area is 111 Å². The molecule has 0 unspecified atom stereocenters. The first kappa shape index (κ1) is 12.9. The average Bonchev–Trinajstić information content (AvgIpc) is 2.46. The van der Waals surface area contributed by atoms with E-state index in [0.29, 0.717) is 17.9 Å². The van der Waals surface area contributed by atoms with Gasteiger partial charge in [0.05, 0.1) is 7.11 Å². The molecule has 1 aromatic heterocycles. The highest BCUT2D eigenvalue weighted by atomic mass is 16.5. The van der Waals surface area contributed by atoms with Crippen LogP contribution in [0.1, 0.15) is 15.9 Å². The summed E-state index contributed by atoms with van der Waals surface area (Å²) in [7, 11) is 1.32. The van der Waals surface area contributed by atoms with Crippen LogP contribution in [0.3, 0.4) is 0 Å². The lowest BCUT2D eigenvalue weighted by molar-refractivity contribution is 0.0594. The van der Waals surface area contributed by atoms with Crippen LogP contribution in [0.15, 0.2) is 42.6 Å². The average molecular weight is 258 g/mol. The van der Waals surface area contributed by atoms with Gasteiger partial charge in [0.15, 0.2) is 0 Å². The van der Waals surface area contributed by atoms with Gasteiger partial charge in [-0.25, -0.2) is 9.78 Å². The summed E-state index contributed by atoms with van der Waals surface area (Å²) in [5.74, 6) is -0.216. The van der Waals surface area contributed by atoms with Gasteiger partial charge < -0.3 is 15.2 Å². The quantitative estimate of drug-likeness (QED) is 0.671. The van der Waals surface area contributed by atoms with Crippen LogP contribution in [-0.4, -0.2) is 18.1 Å². The Morgan fingerprint density at radius 1 is 1.26 bits per heavy atom. The number of carbonyl (C=O) groups is 1. The second-order valence-corrected chi connectivity index (χ2v) is 3.88. The van der Waals surface area contributed by atoms with Crippen LogP contribution in [0.25, 0.3) is 0 Å². The van der Waals surface area contributed by atoms with Crippen LogP contribution >= 0.6 is 0 Å². The number of aromatic nitrogens is 1. The lowest BCUT2D eigenvalue weighted by Gasteiger charge is -2.08. The Hall–Kier alpha value is -2.56. The van der Waals surface area contributed by atoms with Crippen molar-refractivity contribution in [2.45, 2.75) is 6.61 Å². The molecule has 98 valence electrons. The minimum atomic E-state index is -0.472. The molecular weight excluding hydrogens is 244 g/mol. The van der Waals surface area contributed by atoms with E-state index in [1.807, 2.05) is 12.1 Å². The largest absolute Gasteiger partial charge is 0.472 e. The molecule has 2 aromatic rings. The summed E-state index contributed by atoms with van der Waals surface area (Å²) in [4.78, 5) is 15.6. The molecule has 0 fully saturated rings. The van der Waals surface area contributed by atoms with E-state index < -0.39 is 5.97 Å². The number of nitrogens with zero attached hydrogens (tertiary/aromatic N) is 1. The highest BCUT2D eigenvalue weighted by Crippen LogP contribution is 2.17. The zero-order valence-electron chi connectivity index (χ0n) is 10.5. The van der Waals surface area contributed by atoms with E-state index >= 15 is 0 Å². The fourth-order valence-corrected chi connectivity index (χ4v) is 1.54. The first-order valence-corrected chi connectivity index (χ1v) is 5.71. The van der Waals surface area contributed by atoms with Crippen molar-refractivity contribution < 1.29 is 14.3 Å². The molecule has 1 heterocycles. The van der Waals surface area contributed by atoms with Gasteiger partial charge in [-0.3, -0.25) is 0 Å². The number of rotatable bonds is 4. The molecule has 0 aliphatic heterocycles. The molecular formula is C14H14N2O3. The van der Waals surface area contributed by atoms with Crippen molar-refractivity contribution in [3.8, 4) is 5.88 Å². The number of pyridine rings is 1. The Bertz CT molecular complexity index is 567. The van der Waals surface area contributed by atoms with Gasteiger partial charge in [-0.1, -0.05) is 12.1 Å². The highest BCUT2D eigenvalue weighted by Gasteiger charge is 2.13. The summed E-state index contributed by atoms with van der Waals surface area (Å²) < 4.78 is 10.2. The fourth-order valence-electron chi connectivity index (χ4n) is 1.54. The Balaban J connectivity index is 2.11. The van der Waals surface area contributed by atoms with Gasteiger partial charge >= 0.3 is 5.97 Å². The zero-order chi connectivity index (χ0) is 13.7. The van der Waals surface area contributed by atoms with Gasteiger partial charge in [0.1, 0.15) is 12.2 Å². The number of methoxy groups -OCH3 is 1. The van der Waals surface area contributed by atoms with Crippen molar-refractivity contribution in [3.05, 3.63) is 53.7 Å². The molecule has 0 atom stereocenters. The number of nitrogens with two attached hydrogens (primary N) is 1. The summed E-state index contributed by atoms with van der Waals surface area (Å²) in [6, 6.07) is 10.6. The van der Waals surface area contributed by atoms with E-state index in [0.717, 1.165) is 5.56 Å². The standard InChI is InChI=1S/C14H14N2O3/c1-18-14(17)12-3-2-8-16-13(12)19-9-10-4-6-11(15)7-5-10/h2-8H,9,15H2,1H3. The summed E-state index contributed by atoms with van der Waals surface area (Å²) in [5.41, 5.74) is 7.54. The predicted octanol–water partition coefficient (Wildman–Crippen LogP) is 2.03. The fraction of sp³-hybridized carbons (Fsp3) is 0.143. The van der Waals surface area contributed by atoms with Gasteiger partial charge in [0.25, 0.3) is 0 Å². The van der Waals surface area contributed by atoms with Gasteiger partial charge in [0, 0.05) is 11.9 Å². The van der Waals surface area contributed by atoms with Gasteiger partial charge in [-0.15, -0.1) is 0 Å². The maximum Gasteiger partial charge on any atom is 0.343 e. The summed E-state index contributed by atoms with van der Waals surface area (Å²) >= 11 is 0. The maximum atomic E-state index is 11.5. The first-order chi connectivity index (χ1) is 9.20. The Morgan fingerprint density at radius 2 is 2.00 bits per heavy atom. The van der Waals surface area contributed by atoms with Gasteiger partial charge in [0.2, 0.25) is 5.88 Å². The number of nitrogen functional groups attached to an aromatic ring is 1. The van der Waals surface area contributed by atoms with Crippen LogP contribution in [0, 0.1) is 0 Å². The molecule has 0 saturated carbocycles. The smallest absolute Gasteiger partial charge is 0.343 e. The number of hydrogen-bond acceptors (Lipinski definition) is 5. The van der Waals surface area contributed by atoms with E-state index in [4.69, 9.17) is 10.5 Å². The van der Waals surface area contributed by atoms with Gasteiger partial charge in [-0.05, 0) is 29.8 Å². The molecule has 5 heteroatoms. The van der Waals surface area contributed by atoms with Crippen molar-refractivity contribution in [2.24, 2.45) is 0 Å². The predicted molar refractivity (Wildman–Crippen MR) is 70.8 cm³/mol. The number of anilines is 1. The van der Waals surface area contributed by atoms with Crippen LogP contribution in [0.2, 0.25) is 0 Å². The van der Waals surface area contributed by atoms with E-state index in [9.17, 15) is 4.79 Å². The number of ether oxygens (including phenoxy) is 2. The lowest BCUT2D eigenvalue weighted by atomic mass is 10.2. The number of carbonyl (C=O) groups excluding carboxylic acids is 1. The third-order valence-corrected chi connectivity index (χ3v) is 2.53. The number of esters is 1. The molecule has 0 bridgehead atoms. The summed E-state index contributed by atoms with van der Waals surface area (Å²) in [6.45, 7) is 0.307. The number of benzene rings is 1. The zero-order valence-corrected chi connectivity index (χ0v) is 10.5. The van der Waals surface area contributed by atoms with Crippen molar-refractivity contribution in [2.75, 3.05) is 12.8 Å². The van der Waals surface area contributed by atoms with Crippen LogP contribution in [0.4, 0.5) is 5.69 Å². The topological polar surface area (TPSA) is 74.4 Å². The van der Waals surface area contributed by atoms with E-state index in [1.165, 1.54) is 7.11 Å². The Kier molecular flexibility index (Phi) is 3.97. The van der Waals surface area contributed by atoms with Crippen molar-refractivity contribution in [1.82, 2.24) is 4.98 Å². The second-order valence-electron chi connectivity index (χ2n) is 3.88. The minimum Gasteiger partial charge on any atom is -0.472 e. The molecule has 0 amide bonds. The molecule has 0 aliphatic carbocycles. The van der Waals surface area contributed by atoms with Gasteiger partial charge in [-0.2, -0.15) is 0 Å². The molecule has 0 aliphatic rings. The monoisotopic (exact) mass is 258 g/mol. The van der Waals surface area contributed by atoms with E-state index in [1.54, 1.807) is 30.5 Å². The Morgan fingerprint density at radius 3 is 2.68 bits per heavy atom. The van der Waals surface area contributed by atoms with Crippen molar-refractivity contribution >= 4 is 11.7 Å². The molecule has 0 spiro atoms. The molecule has 0 saturated heterocycles. The first-order valence-electron chi connectivity index (χ1n) is 5.71. The third-order valence-electron chi connectivity index (χ3n) is 2.53. The summed E-state index contributed by atoms with van der Waals surface area (Å²) in [5, 5.41) is 0. The van der Waals surface area contributed by atoms with E-state index in [2.05, 4.69) is 9.72 Å². The SMILES string of the molecule is COC(=O)c1cccnc1OCc1ccc(N)cc1. The van der Waals surface area contributed by atoms with Crippen molar-refractivity contribution in [1.29, 1.82) is 0 Å². The molecule has 2 N–H and O–H groups in total. The maximum absolute atomic E-state index is 11.5. The highest BCUT2D eigenvalue weighted by molar-refractivity contribution is 5.91. The van der Waals surface area contributed by atoms with Crippen LogP contribution in [-0.2, 0) is 11.3 Å². The molecule has 1 aromatic carbocycles.